The van der Waals surface area contributed by atoms with E-state index in [1.54, 1.807) is 11.5 Å². The molecule has 0 aliphatic heterocycles. The smallest absolute Gasteiger partial charge is 0.348 e. The number of aryl methyl sites for hydroxylation is 4. The molecule has 2 aromatic heterocycles. The molecule has 0 aromatic carbocycles. The van der Waals surface area contributed by atoms with E-state index in [1.807, 2.05) is 38.6 Å². The first-order chi connectivity index (χ1) is 11.3. The Morgan fingerprint density at radius 1 is 1.25 bits per heavy atom. The van der Waals surface area contributed by atoms with Gasteiger partial charge in [0.2, 0.25) is 5.91 Å². The van der Waals surface area contributed by atoms with E-state index in [-0.39, 0.29) is 11.6 Å². The summed E-state index contributed by atoms with van der Waals surface area (Å²) in [6.45, 7) is 8.46. The van der Waals surface area contributed by atoms with Gasteiger partial charge in [0.15, 0.2) is 0 Å². The number of amides is 1. The average molecular weight is 331 g/mol. The Morgan fingerprint density at radius 3 is 2.54 bits per heavy atom. The molecular weight excluding hydrogens is 306 g/mol. The monoisotopic (exact) mass is 331 g/mol. The number of rotatable bonds is 6. The third-order valence-corrected chi connectivity index (χ3v) is 4.26. The molecule has 0 saturated carbocycles. The highest BCUT2D eigenvalue weighted by molar-refractivity contribution is 5.76. The molecule has 2 rings (SSSR count). The fraction of sp³-hybridized carbons (Fsp3) is 0.529. The maximum atomic E-state index is 12.0. The number of nitrogens with one attached hydrogen (secondary N) is 1. The molecule has 0 bridgehead atoms. The third kappa shape index (κ3) is 4.10. The first kappa shape index (κ1) is 17.9. The molecule has 7 nitrogen and oxygen atoms in total. The van der Waals surface area contributed by atoms with Crippen LogP contribution in [0.5, 0.6) is 0 Å². The summed E-state index contributed by atoms with van der Waals surface area (Å²) in [5, 5.41) is 7.22. The first-order valence-corrected chi connectivity index (χ1v) is 8.10. The second-order valence-electron chi connectivity index (χ2n) is 6.10. The van der Waals surface area contributed by atoms with Crippen molar-refractivity contribution in [2.75, 3.05) is 6.54 Å². The maximum Gasteiger partial charge on any atom is 0.348 e. The molecule has 2 aromatic rings. The van der Waals surface area contributed by atoms with Crippen LogP contribution in [-0.4, -0.2) is 31.8 Å². The van der Waals surface area contributed by atoms with E-state index >= 15 is 0 Å². The quantitative estimate of drug-likeness (QED) is 0.855. The number of aromatic nitrogens is 4. The van der Waals surface area contributed by atoms with Crippen LogP contribution in [0.2, 0.25) is 0 Å². The van der Waals surface area contributed by atoms with Crippen LogP contribution >= 0.6 is 0 Å². The minimum absolute atomic E-state index is 0.0246. The molecule has 0 saturated heterocycles. The number of nitrogens with zero attached hydrogens (tertiary/aromatic N) is 4. The summed E-state index contributed by atoms with van der Waals surface area (Å²) >= 11 is 0. The Balaban J connectivity index is 1.85. The predicted molar refractivity (Wildman–Crippen MR) is 92.0 cm³/mol. The van der Waals surface area contributed by atoms with Gasteiger partial charge in [0.1, 0.15) is 0 Å². The zero-order chi connectivity index (χ0) is 17.9. The molecule has 2 heterocycles. The third-order valence-electron chi connectivity index (χ3n) is 4.26. The molecule has 0 fully saturated rings. The van der Waals surface area contributed by atoms with Crippen LogP contribution in [0.15, 0.2) is 10.9 Å². The minimum atomic E-state index is -0.275. The van der Waals surface area contributed by atoms with Gasteiger partial charge in [-0.2, -0.15) is 10.1 Å². The van der Waals surface area contributed by atoms with E-state index in [2.05, 4.69) is 15.4 Å². The van der Waals surface area contributed by atoms with Crippen LogP contribution in [0.25, 0.3) is 0 Å². The lowest BCUT2D eigenvalue weighted by atomic mass is 10.1. The van der Waals surface area contributed by atoms with E-state index in [0.29, 0.717) is 31.6 Å². The van der Waals surface area contributed by atoms with Gasteiger partial charge in [-0.3, -0.25) is 14.0 Å². The van der Waals surface area contributed by atoms with Gasteiger partial charge >= 0.3 is 5.69 Å². The van der Waals surface area contributed by atoms with Crippen molar-refractivity contribution in [1.82, 2.24) is 24.6 Å². The Labute approximate surface area is 141 Å². The molecule has 24 heavy (non-hydrogen) atoms. The molecule has 0 aliphatic carbocycles. The Morgan fingerprint density at radius 2 is 1.96 bits per heavy atom. The summed E-state index contributed by atoms with van der Waals surface area (Å²) in [5.74, 6) is -0.0246. The van der Waals surface area contributed by atoms with Crippen molar-refractivity contribution in [2.45, 2.75) is 47.1 Å². The summed E-state index contributed by atoms with van der Waals surface area (Å²) in [6.07, 6.45) is 1.08. The normalized spacial score (nSPS) is 10.9. The largest absolute Gasteiger partial charge is 0.354 e. The highest BCUT2D eigenvalue weighted by atomic mass is 16.2. The molecule has 0 spiro atoms. The molecule has 130 valence electrons. The van der Waals surface area contributed by atoms with E-state index in [9.17, 15) is 9.59 Å². The van der Waals surface area contributed by atoms with Crippen LogP contribution in [0.3, 0.4) is 0 Å². The van der Waals surface area contributed by atoms with Crippen molar-refractivity contribution in [3.05, 3.63) is 44.9 Å². The number of hydrogen-bond donors (Lipinski definition) is 1. The number of carbonyl (C=O) groups is 1. The minimum Gasteiger partial charge on any atom is -0.354 e. The Hall–Kier alpha value is -2.44. The van der Waals surface area contributed by atoms with Crippen molar-refractivity contribution in [3.63, 3.8) is 0 Å². The van der Waals surface area contributed by atoms with Gasteiger partial charge < -0.3 is 5.32 Å². The van der Waals surface area contributed by atoms with E-state index in [4.69, 9.17) is 0 Å². The van der Waals surface area contributed by atoms with Gasteiger partial charge in [-0.05, 0) is 45.7 Å². The molecule has 1 N–H and O–H groups in total. The topological polar surface area (TPSA) is 81.8 Å². The molecule has 1 amide bonds. The Kier molecular flexibility index (Phi) is 5.54. The van der Waals surface area contributed by atoms with Crippen molar-refractivity contribution in [3.8, 4) is 0 Å². The zero-order valence-corrected chi connectivity index (χ0v) is 15.0. The number of carbonyl (C=O) groups excluding carboxylic acids is 1. The fourth-order valence-corrected chi connectivity index (χ4v) is 2.86. The van der Waals surface area contributed by atoms with Crippen molar-refractivity contribution < 1.29 is 4.79 Å². The van der Waals surface area contributed by atoms with Crippen LogP contribution in [0, 0.1) is 27.7 Å². The van der Waals surface area contributed by atoms with Crippen LogP contribution in [0.1, 0.15) is 34.8 Å². The lowest BCUT2D eigenvalue weighted by Gasteiger charge is -2.10. The van der Waals surface area contributed by atoms with E-state index in [1.165, 1.54) is 0 Å². The highest BCUT2D eigenvalue weighted by Crippen LogP contribution is 2.13. The van der Waals surface area contributed by atoms with Crippen molar-refractivity contribution in [2.24, 2.45) is 7.05 Å². The molecule has 0 aliphatic rings. The SMILES string of the molecule is Cc1cc(C)n(CCNC(=O)CCc2c(C)nn(C)c2C)c(=O)n1. The predicted octanol–water partition coefficient (Wildman–Crippen LogP) is 0.959. The lowest BCUT2D eigenvalue weighted by molar-refractivity contribution is -0.121. The fourth-order valence-electron chi connectivity index (χ4n) is 2.86. The molecule has 0 atom stereocenters. The standard InChI is InChI=1S/C17H25N5O2/c1-11-10-12(2)22(17(24)19-11)9-8-18-16(23)7-6-15-13(3)20-21(5)14(15)4/h10H,6-9H2,1-5H3,(H,18,23). The van der Waals surface area contributed by atoms with Crippen molar-refractivity contribution >= 4 is 5.91 Å². The van der Waals surface area contributed by atoms with Gasteiger partial charge in [-0.15, -0.1) is 0 Å². The molecule has 0 radical (unpaired) electrons. The molecular formula is C17H25N5O2. The second-order valence-corrected chi connectivity index (χ2v) is 6.10. The summed E-state index contributed by atoms with van der Waals surface area (Å²) in [4.78, 5) is 27.8. The van der Waals surface area contributed by atoms with Gasteiger partial charge in [-0.25, -0.2) is 4.79 Å². The van der Waals surface area contributed by atoms with Gasteiger partial charge in [0.25, 0.3) is 0 Å². The Bertz CT molecular complexity index is 804. The van der Waals surface area contributed by atoms with E-state index in [0.717, 1.165) is 22.6 Å². The van der Waals surface area contributed by atoms with Crippen LogP contribution < -0.4 is 11.0 Å². The maximum absolute atomic E-state index is 12.0. The van der Waals surface area contributed by atoms with Gasteiger partial charge in [0, 0.05) is 43.6 Å². The lowest BCUT2D eigenvalue weighted by Crippen LogP contribution is -2.33. The summed E-state index contributed by atoms with van der Waals surface area (Å²) in [7, 11) is 1.90. The van der Waals surface area contributed by atoms with Crippen LogP contribution in [0.4, 0.5) is 0 Å². The summed E-state index contributed by atoms with van der Waals surface area (Å²) in [6, 6.07) is 1.86. The molecule has 7 heteroatoms. The summed E-state index contributed by atoms with van der Waals surface area (Å²) < 4.78 is 3.41. The first-order valence-electron chi connectivity index (χ1n) is 8.10. The summed E-state index contributed by atoms with van der Waals surface area (Å²) in [5.41, 5.74) is 4.47. The zero-order valence-electron chi connectivity index (χ0n) is 15.0. The van der Waals surface area contributed by atoms with Gasteiger partial charge in [-0.1, -0.05) is 0 Å². The average Bonchev–Trinajstić information content (AvgIpc) is 2.73. The molecule has 0 unspecified atom stereocenters. The van der Waals surface area contributed by atoms with Crippen LogP contribution in [-0.2, 0) is 24.8 Å². The van der Waals surface area contributed by atoms with Crippen molar-refractivity contribution in [1.29, 1.82) is 0 Å². The second kappa shape index (κ2) is 7.42. The highest BCUT2D eigenvalue weighted by Gasteiger charge is 2.11. The number of hydrogen-bond acceptors (Lipinski definition) is 4. The van der Waals surface area contributed by atoms with E-state index < -0.39 is 0 Å². The van der Waals surface area contributed by atoms with Gasteiger partial charge in [0.05, 0.1) is 5.69 Å².